The summed E-state index contributed by atoms with van der Waals surface area (Å²) in [5.74, 6) is -0.778. The van der Waals surface area contributed by atoms with Gasteiger partial charge in [0.15, 0.2) is 6.61 Å². The lowest BCUT2D eigenvalue weighted by molar-refractivity contribution is -0.141. The first-order valence-corrected chi connectivity index (χ1v) is 7.74. The molecule has 1 aromatic carbocycles. The summed E-state index contributed by atoms with van der Waals surface area (Å²) in [7, 11) is 1.30. The summed E-state index contributed by atoms with van der Waals surface area (Å²) in [6, 6.07) is 8.58. The predicted octanol–water partition coefficient (Wildman–Crippen LogP) is 2.69. The molecule has 1 amide bonds. The highest BCUT2D eigenvalue weighted by Gasteiger charge is 2.20. The van der Waals surface area contributed by atoms with Crippen LogP contribution in [0, 0.1) is 5.82 Å². The van der Waals surface area contributed by atoms with Gasteiger partial charge in [-0.25, -0.2) is 4.39 Å². The minimum absolute atomic E-state index is 0.0410. The van der Waals surface area contributed by atoms with E-state index in [0.717, 1.165) is 4.88 Å². The van der Waals surface area contributed by atoms with Crippen LogP contribution >= 0.6 is 11.3 Å². The summed E-state index contributed by atoms with van der Waals surface area (Å²) in [5.41, 5.74) is 0. The van der Waals surface area contributed by atoms with Gasteiger partial charge in [0.25, 0.3) is 5.91 Å². The van der Waals surface area contributed by atoms with Gasteiger partial charge in [0.2, 0.25) is 0 Å². The van der Waals surface area contributed by atoms with Crippen LogP contribution in [0.2, 0.25) is 0 Å². The number of hydrogen-bond donors (Lipinski definition) is 1. The molecular weight excluding hydrogens is 321 g/mol. The maximum Gasteiger partial charge on any atom is 0.307 e. The average molecular weight is 337 g/mol. The molecule has 0 bridgehead atoms. The summed E-state index contributed by atoms with van der Waals surface area (Å²) >= 11 is 1.44. The molecule has 23 heavy (non-hydrogen) atoms. The summed E-state index contributed by atoms with van der Waals surface area (Å²) in [5, 5.41) is 4.60. The molecular formula is C16H16FNO4S. The summed E-state index contributed by atoms with van der Waals surface area (Å²) < 4.78 is 22.7. The molecule has 0 aliphatic heterocycles. The van der Waals surface area contributed by atoms with Crippen LogP contribution in [0.15, 0.2) is 41.8 Å². The number of carbonyl (C=O) groups excluding carboxylic acids is 2. The SMILES string of the molecule is COC(=O)C[C@@H](NC(=O)COc1ccc(F)cc1)c1cccs1. The first-order valence-electron chi connectivity index (χ1n) is 6.86. The Morgan fingerprint density at radius 1 is 1.26 bits per heavy atom. The molecule has 7 heteroatoms. The molecule has 1 N–H and O–H groups in total. The molecule has 0 aliphatic carbocycles. The second-order valence-corrected chi connectivity index (χ2v) is 5.64. The summed E-state index contributed by atoms with van der Waals surface area (Å²) in [6.45, 7) is -0.227. The van der Waals surface area contributed by atoms with E-state index in [9.17, 15) is 14.0 Å². The minimum Gasteiger partial charge on any atom is -0.484 e. The van der Waals surface area contributed by atoms with E-state index in [4.69, 9.17) is 4.74 Å². The molecule has 0 unspecified atom stereocenters. The number of amides is 1. The van der Waals surface area contributed by atoms with Crippen LogP contribution in [0.5, 0.6) is 5.75 Å². The van der Waals surface area contributed by atoms with E-state index in [1.165, 1.54) is 42.7 Å². The van der Waals surface area contributed by atoms with Gasteiger partial charge in [-0.05, 0) is 35.7 Å². The lowest BCUT2D eigenvalue weighted by atomic mass is 10.1. The third-order valence-electron chi connectivity index (χ3n) is 3.00. The molecule has 0 aliphatic rings. The second-order valence-electron chi connectivity index (χ2n) is 4.66. The Balaban J connectivity index is 1.91. The fourth-order valence-electron chi connectivity index (χ4n) is 1.88. The Hall–Kier alpha value is -2.41. The lowest BCUT2D eigenvalue weighted by Crippen LogP contribution is -2.33. The van der Waals surface area contributed by atoms with Gasteiger partial charge in [0.05, 0.1) is 19.6 Å². The highest BCUT2D eigenvalue weighted by atomic mass is 32.1. The van der Waals surface area contributed by atoms with Crippen LogP contribution < -0.4 is 10.1 Å². The summed E-state index contributed by atoms with van der Waals surface area (Å²) in [4.78, 5) is 24.3. The Kier molecular flexibility index (Phi) is 6.10. The van der Waals surface area contributed by atoms with Gasteiger partial charge in [0, 0.05) is 4.88 Å². The average Bonchev–Trinajstić information content (AvgIpc) is 3.08. The molecule has 1 aromatic heterocycles. The number of esters is 1. The third-order valence-corrected chi connectivity index (χ3v) is 3.99. The number of benzene rings is 1. The number of ether oxygens (including phenoxy) is 2. The topological polar surface area (TPSA) is 64.6 Å². The van der Waals surface area contributed by atoms with Crippen molar-refractivity contribution in [3.63, 3.8) is 0 Å². The summed E-state index contributed by atoms with van der Waals surface area (Å²) in [6.07, 6.45) is 0.0410. The molecule has 0 fully saturated rings. The molecule has 2 rings (SSSR count). The van der Waals surface area contributed by atoms with Crippen LogP contribution in [0.1, 0.15) is 17.3 Å². The molecule has 0 saturated heterocycles. The van der Waals surface area contributed by atoms with Crippen molar-refractivity contribution in [1.82, 2.24) is 5.32 Å². The number of thiophene rings is 1. The van der Waals surface area contributed by atoms with E-state index < -0.39 is 12.0 Å². The fourth-order valence-corrected chi connectivity index (χ4v) is 2.66. The maximum absolute atomic E-state index is 12.8. The van der Waals surface area contributed by atoms with E-state index in [1.807, 2.05) is 17.5 Å². The van der Waals surface area contributed by atoms with E-state index >= 15 is 0 Å². The Morgan fingerprint density at radius 3 is 2.61 bits per heavy atom. The van der Waals surface area contributed by atoms with E-state index in [0.29, 0.717) is 5.75 Å². The first kappa shape index (κ1) is 17.0. The monoisotopic (exact) mass is 337 g/mol. The van der Waals surface area contributed by atoms with Gasteiger partial charge in [-0.1, -0.05) is 6.07 Å². The minimum atomic E-state index is -0.466. The zero-order chi connectivity index (χ0) is 16.7. The van der Waals surface area contributed by atoms with Gasteiger partial charge >= 0.3 is 5.97 Å². The van der Waals surface area contributed by atoms with Crippen molar-refractivity contribution in [3.8, 4) is 5.75 Å². The van der Waals surface area contributed by atoms with Crippen LogP contribution in [0.4, 0.5) is 4.39 Å². The third kappa shape index (κ3) is 5.37. The molecule has 0 spiro atoms. The lowest BCUT2D eigenvalue weighted by Gasteiger charge is -2.16. The van der Waals surface area contributed by atoms with E-state index in [1.54, 1.807) is 0 Å². The molecule has 122 valence electrons. The van der Waals surface area contributed by atoms with Crippen LogP contribution in [0.25, 0.3) is 0 Å². The Bertz CT molecular complexity index is 643. The standard InChI is InChI=1S/C16H16FNO4S/c1-21-16(20)9-13(14-3-2-8-23-14)18-15(19)10-22-12-6-4-11(17)5-7-12/h2-8,13H,9-10H2,1H3,(H,18,19)/t13-/m1/s1. The van der Waals surface area contributed by atoms with Crippen molar-refractivity contribution in [2.75, 3.05) is 13.7 Å². The van der Waals surface area contributed by atoms with Gasteiger partial charge in [-0.3, -0.25) is 9.59 Å². The quantitative estimate of drug-likeness (QED) is 0.789. The Labute approximate surface area is 137 Å². The molecule has 5 nitrogen and oxygen atoms in total. The van der Waals surface area contributed by atoms with Crippen LogP contribution in [-0.4, -0.2) is 25.6 Å². The van der Waals surface area contributed by atoms with Crippen molar-refractivity contribution >= 4 is 23.2 Å². The zero-order valence-corrected chi connectivity index (χ0v) is 13.3. The molecule has 1 atom stereocenters. The largest absolute Gasteiger partial charge is 0.484 e. The van der Waals surface area contributed by atoms with Crippen molar-refractivity contribution in [2.45, 2.75) is 12.5 Å². The first-order chi connectivity index (χ1) is 11.1. The van der Waals surface area contributed by atoms with Crippen molar-refractivity contribution < 1.29 is 23.5 Å². The number of carbonyl (C=O) groups is 2. The molecule has 1 heterocycles. The smallest absolute Gasteiger partial charge is 0.307 e. The number of methoxy groups -OCH3 is 1. The van der Waals surface area contributed by atoms with Crippen LogP contribution in [0.3, 0.4) is 0 Å². The molecule has 0 radical (unpaired) electrons. The maximum atomic E-state index is 12.8. The van der Waals surface area contributed by atoms with Gasteiger partial charge < -0.3 is 14.8 Å². The van der Waals surface area contributed by atoms with Crippen molar-refractivity contribution in [3.05, 3.63) is 52.5 Å². The van der Waals surface area contributed by atoms with Crippen molar-refractivity contribution in [1.29, 1.82) is 0 Å². The van der Waals surface area contributed by atoms with Gasteiger partial charge in [-0.2, -0.15) is 0 Å². The number of hydrogen-bond acceptors (Lipinski definition) is 5. The van der Waals surface area contributed by atoms with E-state index in [2.05, 4.69) is 10.1 Å². The Morgan fingerprint density at radius 2 is 2.00 bits per heavy atom. The highest BCUT2D eigenvalue weighted by Crippen LogP contribution is 2.22. The van der Waals surface area contributed by atoms with Crippen LogP contribution in [-0.2, 0) is 14.3 Å². The highest BCUT2D eigenvalue weighted by molar-refractivity contribution is 7.10. The predicted molar refractivity (Wildman–Crippen MR) is 83.7 cm³/mol. The fraction of sp³-hybridized carbons (Fsp3) is 0.250. The number of halogens is 1. The normalized spacial score (nSPS) is 11.6. The van der Waals surface area contributed by atoms with E-state index in [-0.39, 0.29) is 24.8 Å². The van der Waals surface area contributed by atoms with Crippen molar-refractivity contribution in [2.24, 2.45) is 0 Å². The molecule has 2 aromatic rings. The zero-order valence-electron chi connectivity index (χ0n) is 12.5. The number of rotatable bonds is 7. The van der Waals surface area contributed by atoms with Gasteiger partial charge in [-0.15, -0.1) is 11.3 Å². The molecule has 0 saturated carbocycles. The van der Waals surface area contributed by atoms with Gasteiger partial charge in [0.1, 0.15) is 11.6 Å². The second kappa shape index (κ2) is 8.28. The number of nitrogens with one attached hydrogen (secondary N) is 1.